The lowest BCUT2D eigenvalue weighted by atomic mass is 9.98. The van der Waals surface area contributed by atoms with Gasteiger partial charge in [-0.15, -0.1) is 0 Å². The van der Waals surface area contributed by atoms with Gasteiger partial charge in [0.25, 0.3) is 0 Å². The third-order valence-electron chi connectivity index (χ3n) is 3.85. The van der Waals surface area contributed by atoms with Crippen LogP contribution in [0.15, 0.2) is 22.7 Å². The molecule has 1 saturated heterocycles. The molecule has 2 rings (SSSR count). The first kappa shape index (κ1) is 15.9. The number of benzene rings is 1. The molecule has 0 saturated carbocycles. The van der Waals surface area contributed by atoms with E-state index in [0.717, 1.165) is 29.5 Å². The van der Waals surface area contributed by atoms with Gasteiger partial charge >= 0.3 is 0 Å². The van der Waals surface area contributed by atoms with Crippen molar-refractivity contribution in [3.8, 4) is 0 Å². The molecular weight excluding hydrogens is 319 g/mol. The minimum atomic E-state index is -0.109. The van der Waals surface area contributed by atoms with Crippen LogP contribution in [0.4, 0.5) is 4.39 Å². The fourth-order valence-electron chi connectivity index (χ4n) is 2.89. The van der Waals surface area contributed by atoms with Crippen LogP contribution in [-0.4, -0.2) is 30.1 Å². The molecule has 1 aliphatic rings. The van der Waals surface area contributed by atoms with Gasteiger partial charge in [0.15, 0.2) is 0 Å². The van der Waals surface area contributed by atoms with Gasteiger partial charge < -0.3 is 5.32 Å². The van der Waals surface area contributed by atoms with Crippen molar-refractivity contribution in [2.75, 3.05) is 13.1 Å². The van der Waals surface area contributed by atoms with E-state index in [4.69, 9.17) is 0 Å². The monoisotopic (exact) mass is 342 g/mol. The summed E-state index contributed by atoms with van der Waals surface area (Å²) in [5.41, 5.74) is 0.780. The third kappa shape index (κ3) is 4.27. The molecule has 20 heavy (non-hydrogen) atoms. The van der Waals surface area contributed by atoms with Gasteiger partial charge in [0.2, 0.25) is 0 Å². The van der Waals surface area contributed by atoms with E-state index < -0.39 is 0 Å². The lowest BCUT2D eigenvalue weighted by molar-refractivity contribution is 0.110. The van der Waals surface area contributed by atoms with Crippen molar-refractivity contribution in [1.29, 1.82) is 0 Å². The topological polar surface area (TPSA) is 15.3 Å². The van der Waals surface area contributed by atoms with E-state index in [1.165, 1.54) is 0 Å². The largest absolute Gasteiger partial charge is 0.311 e. The zero-order chi connectivity index (χ0) is 14.7. The van der Waals surface area contributed by atoms with Crippen LogP contribution in [0.5, 0.6) is 0 Å². The van der Waals surface area contributed by atoms with Crippen molar-refractivity contribution in [3.63, 3.8) is 0 Å². The maximum atomic E-state index is 13.9. The van der Waals surface area contributed by atoms with Crippen LogP contribution < -0.4 is 5.32 Å². The standard InChI is InChI=1S/C16H24BrFN2/c1-11(2)6-15-8-19-12(3)9-20(15)10-13-7-14(17)4-5-16(13)18/h4-5,7,11-12,15,19H,6,8-10H2,1-3H3. The van der Waals surface area contributed by atoms with Gasteiger partial charge in [-0.2, -0.15) is 0 Å². The quantitative estimate of drug-likeness (QED) is 0.895. The summed E-state index contributed by atoms with van der Waals surface area (Å²) >= 11 is 3.43. The minimum absolute atomic E-state index is 0.109. The van der Waals surface area contributed by atoms with Gasteiger partial charge in [0.05, 0.1) is 0 Å². The Kier molecular flexibility index (Phi) is 5.58. The van der Waals surface area contributed by atoms with Crippen molar-refractivity contribution >= 4 is 15.9 Å². The first-order valence-electron chi connectivity index (χ1n) is 7.37. The highest BCUT2D eigenvalue weighted by molar-refractivity contribution is 9.10. The first-order chi connectivity index (χ1) is 9.45. The highest BCUT2D eigenvalue weighted by Gasteiger charge is 2.26. The average molecular weight is 343 g/mol. The molecule has 0 amide bonds. The number of nitrogens with zero attached hydrogens (tertiary/aromatic N) is 1. The van der Waals surface area contributed by atoms with E-state index in [9.17, 15) is 4.39 Å². The molecule has 1 aromatic carbocycles. The van der Waals surface area contributed by atoms with Crippen LogP contribution >= 0.6 is 15.9 Å². The molecule has 0 bridgehead atoms. The van der Waals surface area contributed by atoms with Crippen LogP contribution in [0, 0.1) is 11.7 Å². The zero-order valence-corrected chi connectivity index (χ0v) is 14.1. The van der Waals surface area contributed by atoms with Crippen LogP contribution in [0.25, 0.3) is 0 Å². The van der Waals surface area contributed by atoms with E-state index in [1.54, 1.807) is 12.1 Å². The minimum Gasteiger partial charge on any atom is -0.311 e. The number of piperazine rings is 1. The summed E-state index contributed by atoms with van der Waals surface area (Å²) < 4.78 is 14.9. The highest BCUT2D eigenvalue weighted by atomic mass is 79.9. The maximum absolute atomic E-state index is 13.9. The fraction of sp³-hybridized carbons (Fsp3) is 0.625. The molecule has 4 heteroatoms. The van der Waals surface area contributed by atoms with Crippen LogP contribution in [0.3, 0.4) is 0 Å². The van der Waals surface area contributed by atoms with Crippen LogP contribution in [0.2, 0.25) is 0 Å². The van der Waals surface area contributed by atoms with Gasteiger partial charge in [0.1, 0.15) is 5.82 Å². The van der Waals surface area contributed by atoms with Crippen molar-refractivity contribution in [1.82, 2.24) is 10.2 Å². The van der Waals surface area contributed by atoms with Crippen molar-refractivity contribution in [2.24, 2.45) is 5.92 Å². The molecule has 112 valence electrons. The smallest absolute Gasteiger partial charge is 0.127 e. The molecule has 0 radical (unpaired) electrons. The predicted octanol–water partition coefficient (Wildman–Crippen LogP) is 3.80. The Hall–Kier alpha value is -0.450. The summed E-state index contributed by atoms with van der Waals surface area (Å²) in [5, 5.41) is 3.53. The van der Waals surface area contributed by atoms with E-state index >= 15 is 0 Å². The van der Waals surface area contributed by atoms with Gasteiger partial charge in [-0.05, 0) is 37.5 Å². The normalized spacial score (nSPS) is 24.3. The molecule has 2 nitrogen and oxygen atoms in total. The van der Waals surface area contributed by atoms with Gasteiger partial charge in [-0.3, -0.25) is 4.90 Å². The molecule has 1 heterocycles. The molecule has 1 N–H and O–H groups in total. The average Bonchev–Trinajstić information content (AvgIpc) is 2.37. The first-order valence-corrected chi connectivity index (χ1v) is 8.16. The molecule has 1 fully saturated rings. The van der Waals surface area contributed by atoms with Crippen molar-refractivity contribution in [2.45, 2.75) is 45.8 Å². The summed E-state index contributed by atoms with van der Waals surface area (Å²) in [5.74, 6) is 0.549. The van der Waals surface area contributed by atoms with Gasteiger partial charge in [-0.1, -0.05) is 29.8 Å². The second kappa shape index (κ2) is 7.01. The summed E-state index contributed by atoms with van der Waals surface area (Å²) in [7, 11) is 0. The fourth-order valence-corrected chi connectivity index (χ4v) is 3.29. The number of hydrogen-bond donors (Lipinski definition) is 1. The molecular formula is C16H24BrFN2. The Morgan fingerprint density at radius 1 is 1.45 bits per heavy atom. The van der Waals surface area contributed by atoms with E-state index in [-0.39, 0.29) is 5.82 Å². The van der Waals surface area contributed by atoms with Crippen LogP contribution in [-0.2, 0) is 6.54 Å². The Morgan fingerprint density at radius 2 is 2.20 bits per heavy atom. The van der Waals surface area contributed by atoms with E-state index in [1.807, 2.05) is 6.07 Å². The molecule has 2 atom stereocenters. The third-order valence-corrected chi connectivity index (χ3v) is 4.34. The lowest BCUT2D eigenvalue weighted by Gasteiger charge is -2.40. The number of rotatable bonds is 4. The van der Waals surface area contributed by atoms with Crippen LogP contribution in [0.1, 0.15) is 32.8 Å². The Morgan fingerprint density at radius 3 is 2.90 bits per heavy atom. The summed E-state index contributed by atoms with van der Waals surface area (Å²) in [6.07, 6.45) is 1.15. The summed E-state index contributed by atoms with van der Waals surface area (Å²) in [4.78, 5) is 2.42. The second-order valence-corrected chi connectivity index (χ2v) is 7.17. The molecule has 0 spiro atoms. The Balaban J connectivity index is 2.12. The van der Waals surface area contributed by atoms with Gasteiger partial charge in [-0.25, -0.2) is 4.39 Å². The summed E-state index contributed by atoms with van der Waals surface area (Å²) in [6, 6.07) is 6.15. The van der Waals surface area contributed by atoms with Crippen molar-refractivity contribution in [3.05, 3.63) is 34.1 Å². The Labute approximate surface area is 129 Å². The maximum Gasteiger partial charge on any atom is 0.127 e. The lowest BCUT2D eigenvalue weighted by Crippen LogP contribution is -2.55. The number of halogens is 2. The molecule has 2 unspecified atom stereocenters. The zero-order valence-electron chi connectivity index (χ0n) is 12.5. The van der Waals surface area contributed by atoms with E-state index in [2.05, 4.69) is 46.9 Å². The van der Waals surface area contributed by atoms with Gasteiger partial charge in [0, 0.05) is 41.8 Å². The molecule has 1 aliphatic heterocycles. The summed E-state index contributed by atoms with van der Waals surface area (Å²) in [6.45, 7) is 9.34. The number of nitrogens with one attached hydrogen (secondary N) is 1. The second-order valence-electron chi connectivity index (χ2n) is 6.26. The van der Waals surface area contributed by atoms with E-state index in [0.29, 0.717) is 24.5 Å². The molecule has 0 aliphatic carbocycles. The highest BCUT2D eigenvalue weighted by Crippen LogP contribution is 2.22. The molecule has 0 aromatic heterocycles. The molecule has 1 aromatic rings. The SMILES string of the molecule is CC(C)CC1CNC(C)CN1Cc1cc(Br)ccc1F. The Bertz CT molecular complexity index is 450. The van der Waals surface area contributed by atoms with Crippen molar-refractivity contribution < 1.29 is 4.39 Å². The number of hydrogen-bond acceptors (Lipinski definition) is 2. The predicted molar refractivity (Wildman–Crippen MR) is 85.2 cm³/mol.